The van der Waals surface area contributed by atoms with Gasteiger partial charge in [0, 0.05) is 0 Å². The molecule has 1 aliphatic rings. The predicted octanol–water partition coefficient (Wildman–Crippen LogP) is 0.635. The minimum atomic E-state index is -2.63. The number of aliphatic hydroxyl groups is 2. The molecular formula is C10H9Cl2FN4O3. The van der Waals surface area contributed by atoms with Crippen LogP contribution in [0, 0.1) is 0 Å². The van der Waals surface area contributed by atoms with Crippen molar-refractivity contribution in [3.05, 3.63) is 17.8 Å². The number of halogens is 3. The first kappa shape index (κ1) is 13.9. The Labute approximate surface area is 121 Å². The van der Waals surface area contributed by atoms with Crippen molar-refractivity contribution in [2.75, 3.05) is 6.61 Å². The zero-order chi connectivity index (χ0) is 14.5. The Bertz CT molecular complexity index is 652. The lowest BCUT2D eigenvalue weighted by Gasteiger charge is -2.22. The third-order valence-corrected chi connectivity index (χ3v) is 3.81. The molecular weight excluding hydrogens is 314 g/mol. The Morgan fingerprint density at radius 3 is 2.85 bits per heavy atom. The van der Waals surface area contributed by atoms with Crippen LogP contribution in [-0.2, 0) is 4.74 Å². The first-order valence-electron chi connectivity index (χ1n) is 5.62. The first-order valence-corrected chi connectivity index (χ1v) is 6.37. The summed E-state index contributed by atoms with van der Waals surface area (Å²) < 4.78 is 20.9. The molecule has 20 heavy (non-hydrogen) atoms. The van der Waals surface area contributed by atoms with E-state index in [1.165, 1.54) is 17.2 Å². The van der Waals surface area contributed by atoms with E-state index in [1.807, 2.05) is 0 Å². The van der Waals surface area contributed by atoms with Gasteiger partial charge in [-0.2, -0.15) is 0 Å². The van der Waals surface area contributed by atoms with Crippen LogP contribution in [0.25, 0.3) is 11.2 Å². The minimum absolute atomic E-state index is 0.102. The normalized spacial score (nSPS) is 34.0. The predicted molar refractivity (Wildman–Crippen MR) is 67.0 cm³/mol. The Balaban J connectivity index is 2.10. The van der Waals surface area contributed by atoms with Gasteiger partial charge in [0.2, 0.25) is 0 Å². The lowest BCUT2D eigenvalue weighted by atomic mass is 10.1. The van der Waals surface area contributed by atoms with Gasteiger partial charge in [-0.1, -0.05) is 23.2 Å². The van der Waals surface area contributed by atoms with Gasteiger partial charge >= 0.3 is 0 Å². The molecule has 0 aromatic carbocycles. The number of aliphatic hydroxyl groups excluding tert-OH is 2. The third kappa shape index (κ3) is 1.87. The molecule has 4 atom stereocenters. The van der Waals surface area contributed by atoms with Gasteiger partial charge in [0.15, 0.2) is 17.0 Å². The molecule has 2 aromatic heterocycles. The molecule has 0 saturated carbocycles. The van der Waals surface area contributed by atoms with Crippen LogP contribution in [-0.4, -0.2) is 53.7 Å². The average molecular weight is 323 g/mol. The second-order valence-electron chi connectivity index (χ2n) is 4.32. The fourth-order valence-corrected chi connectivity index (χ4v) is 2.59. The molecule has 1 saturated heterocycles. The molecule has 0 bridgehead atoms. The summed E-state index contributed by atoms with van der Waals surface area (Å²) in [4.78, 5) is 11.7. The van der Waals surface area contributed by atoms with E-state index in [4.69, 9.17) is 33.0 Å². The Morgan fingerprint density at radius 2 is 2.20 bits per heavy atom. The van der Waals surface area contributed by atoms with Gasteiger partial charge in [0.1, 0.15) is 24.1 Å². The van der Waals surface area contributed by atoms with Gasteiger partial charge in [-0.3, -0.25) is 4.57 Å². The molecule has 4 unspecified atom stereocenters. The second kappa shape index (κ2) is 4.74. The molecule has 0 aliphatic carbocycles. The number of nitrogens with zero attached hydrogens (tertiary/aromatic N) is 4. The molecule has 108 valence electrons. The van der Waals surface area contributed by atoms with Crippen molar-refractivity contribution < 1.29 is 19.3 Å². The molecule has 0 spiro atoms. The van der Waals surface area contributed by atoms with Crippen molar-refractivity contribution in [3.8, 4) is 0 Å². The second-order valence-corrected chi connectivity index (χ2v) is 5.25. The number of rotatable bonds is 2. The lowest BCUT2D eigenvalue weighted by Crippen LogP contribution is -2.38. The van der Waals surface area contributed by atoms with Crippen molar-refractivity contribution in [3.63, 3.8) is 0 Å². The number of alkyl halides is 2. The molecule has 1 aliphatic heterocycles. The van der Waals surface area contributed by atoms with Crippen molar-refractivity contribution in [2.45, 2.75) is 23.6 Å². The maximum Gasteiger partial charge on any atom is 0.256 e. The Morgan fingerprint density at radius 1 is 1.45 bits per heavy atom. The molecule has 0 amide bonds. The smallest absolute Gasteiger partial charge is 0.256 e. The summed E-state index contributed by atoms with van der Waals surface area (Å²) in [6, 6.07) is 0. The van der Waals surface area contributed by atoms with Gasteiger partial charge in [-0.25, -0.2) is 19.3 Å². The summed E-state index contributed by atoms with van der Waals surface area (Å²) in [5, 5.41) is 16.3. The molecule has 3 heterocycles. The number of fused-ring (bicyclic) bond motifs is 1. The summed E-state index contributed by atoms with van der Waals surface area (Å²) in [5.74, 6) is 0. The van der Waals surface area contributed by atoms with Crippen LogP contribution in [0.5, 0.6) is 0 Å². The standard InChI is InChI=1S/C10H9Cl2FN4O3/c11-7-5-8(15-2-14-7)17(3-16-5)9-10(12,13)6(19)4(1-18)20-9/h2-4,6,9,18-19H,1H2. The maximum atomic E-state index is 14.5. The Hall–Kier alpha value is -1.06. The van der Waals surface area contributed by atoms with E-state index in [9.17, 15) is 9.50 Å². The largest absolute Gasteiger partial charge is 0.394 e. The SMILES string of the molecule is OCC1OC(n2cnc3c(Cl)ncnc32)C(F)(Cl)C1O. The van der Waals surface area contributed by atoms with Crippen molar-refractivity contribution >= 4 is 34.4 Å². The maximum absolute atomic E-state index is 14.5. The van der Waals surface area contributed by atoms with E-state index in [0.717, 1.165) is 0 Å². The highest BCUT2D eigenvalue weighted by Crippen LogP contribution is 2.45. The van der Waals surface area contributed by atoms with Gasteiger partial charge in [-0.15, -0.1) is 0 Å². The van der Waals surface area contributed by atoms with Crippen molar-refractivity contribution in [1.29, 1.82) is 0 Å². The van der Waals surface area contributed by atoms with E-state index < -0.39 is 30.2 Å². The fourth-order valence-electron chi connectivity index (χ4n) is 2.11. The van der Waals surface area contributed by atoms with Crippen LogP contribution in [0.2, 0.25) is 5.15 Å². The van der Waals surface area contributed by atoms with E-state index in [1.54, 1.807) is 0 Å². The molecule has 3 rings (SSSR count). The number of imidazole rings is 1. The van der Waals surface area contributed by atoms with Gasteiger partial charge in [-0.05, 0) is 0 Å². The molecule has 1 fully saturated rings. The highest BCUT2D eigenvalue weighted by molar-refractivity contribution is 6.33. The number of aromatic nitrogens is 4. The summed E-state index contributed by atoms with van der Waals surface area (Å²) in [6.45, 7) is -0.571. The minimum Gasteiger partial charge on any atom is -0.394 e. The summed E-state index contributed by atoms with van der Waals surface area (Å²) in [7, 11) is 0. The Kier molecular flexibility index (Phi) is 3.30. The lowest BCUT2D eigenvalue weighted by molar-refractivity contribution is -0.0482. The van der Waals surface area contributed by atoms with Crippen LogP contribution in [0.15, 0.2) is 12.7 Å². The zero-order valence-electron chi connectivity index (χ0n) is 9.82. The average Bonchev–Trinajstić information content (AvgIpc) is 2.92. The highest BCUT2D eigenvalue weighted by Gasteiger charge is 2.57. The van der Waals surface area contributed by atoms with Crippen molar-refractivity contribution in [2.24, 2.45) is 0 Å². The number of hydrogen-bond donors (Lipinski definition) is 2. The van der Waals surface area contributed by atoms with Crippen LogP contribution >= 0.6 is 23.2 Å². The monoisotopic (exact) mass is 322 g/mol. The molecule has 2 N–H and O–H groups in total. The van der Waals surface area contributed by atoms with Gasteiger partial charge in [0.05, 0.1) is 12.9 Å². The summed E-state index contributed by atoms with van der Waals surface area (Å²) >= 11 is 11.6. The highest BCUT2D eigenvalue weighted by atomic mass is 35.5. The van der Waals surface area contributed by atoms with Crippen LogP contribution in [0.3, 0.4) is 0 Å². The van der Waals surface area contributed by atoms with Crippen LogP contribution in [0.4, 0.5) is 4.39 Å². The zero-order valence-corrected chi connectivity index (χ0v) is 11.3. The summed E-state index contributed by atoms with van der Waals surface area (Å²) in [5.41, 5.74) is 0.468. The number of ether oxygens (including phenoxy) is 1. The summed E-state index contributed by atoms with van der Waals surface area (Å²) in [6.07, 6.45) is -1.80. The fraction of sp³-hybridized carbons (Fsp3) is 0.500. The molecule has 10 heteroatoms. The molecule has 7 nitrogen and oxygen atoms in total. The van der Waals surface area contributed by atoms with E-state index in [0.29, 0.717) is 0 Å². The quantitative estimate of drug-likeness (QED) is 0.622. The van der Waals surface area contributed by atoms with Gasteiger partial charge < -0.3 is 14.9 Å². The van der Waals surface area contributed by atoms with Crippen LogP contribution < -0.4 is 0 Å². The van der Waals surface area contributed by atoms with E-state index in [2.05, 4.69) is 15.0 Å². The molecule has 0 radical (unpaired) electrons. The topological polar surface area (TPSA) is 93.3 Å². The third-order valence-electron chi connectivity index (χ3n) is 3.13. The number of hydrogen-bond acceptors (Lipinski definition) is 6. The first-order chi connectivity index (χ1) is 9.46. The van der Waals surface area contributed by atoms with E-state index >= 15 is 0 Å². The van der Waals surface area contributed by atoms with Crippen LogP contribution in [0.1, 0.15) is 6.23 Å². The van der Waals surface area contributed by atoms with Gasteiger partial charge in [0.25, 0.3) is 5.13 Å². The van der Waals surface area contributed by atoms with E-state index in [-0.39, 0.29) is 16.3 Å². The molecule has 2 aromatic rings. The van der Waals surface area contributed by atoms with Crippen molar-refractivity contribution in [1.82, 2.24) is 19.5 Å².